The molecule has 0 spiro atoms. The highest BCUT2D eigenvalue weighted by Gasteiger charge is 2.43. The summed E-state index contributed by atoms with van der Waals surface area (Å²) in [6.07, 6.45) is 4.56. The predicted molar refractivity (Wildman–Crippen MR) is 126 cm³/mol. The summed E-state index contributed by atoms with van der Waals surface area (Å²) in [5.74, 6) is -2.20. The van der Waals surface area contributed by atoms with E-state index in [2.05, 4.69) is 25.3 Å². The van der Waals surface area contributed by atoms with Gasteiger partial charge in [-0.1, -0.05) is 0 Å². The van der Waals surface area contributed by atoms with Crippen LogP contribution in [-0.2, 0) is 14.6 Å². The lowest BCUT2D eigenvalue weighted by atomic mass is 9.84. The average molecular weight is 530 g/mol. The van der Waals surface area contributed by atoms with E-state index in [0.29, 0.717) is 37.8 Å². The normalized spacial score (nSPS) is 21.2. The van der Waals surface area contributed by atoms with E-state index in [-0.39, 0.29) is 34.1 Å². The van der Waals surface area contributed by atoms with Crippen molar-refractivity contribution >= 4 is 27.3 Å². The van der Waals surface area contributed by atoms with E-state index in [9.17, 15) is 12.8 Å². The number of hydrogen-bond acceptors (Lipinski definition) is 11. The molecule has 1 N–H and O–H groups in total. The molecule has 11 nitrogen and oxygen atoms in total. The first-order valence-corrected chi connectivity index (χ1v) is 13.1. The van der Waals surface area contributed by atoms with Crippen molar-refractivity contribution in [3.63, 3.8) is 0 Å². The van der Waals surface area contributed by atoms with Crippen molar-refractivity contribution in [2.75, 3.05) is 42.8 Å². The first-order chi connectivity index (χ1) is 17.7. The number of piperidine rings is 1. The van der Waals surface area contributed by atoms with Crippen LogP contribution in [0.3, 0.4) is 0 Å². The Morgan fingerprint density at radius 1 is 1.14 bits per heavy atom. The molecular weight excluding hydrogens is 508 g/mol. The maximum Gasteiger partial charge on any atom is 0.256 e. The van der Waals surface area contributed by atoms with Gasteiger partial charge in [0, 0.05) is 31.2 Å². The maximum absolute atomic E-state index is 15.3. The van der Waals surface area contributed by atoms with Crippen molar-refractivity contribution in [3.05, 3.63) is 54.1 Å². The fourth-order valence-electron chi connectivity index (χ4n) is 4.40. The first kappa shape index (κ1) is 24.7. The Labute approximate surface area is 211 Å². The summed E-state index contributed by atoms with van der Waals surface area (Å²) >= 11 is 0. The Kier molecular flexibility index (Phi) is 6.57. The maximum atomic E-state index is 15.3. The minimum atomic E-state index is -3.60. The van der Waals surface area contributed by atoms with Crippen molar-refractivity contribution in [1.82, 2.24) is 19.9 Å². The fourth-order valence-corrected chi connectivity index (χ4v) is 5.04. The van der Waals surface area contributed by atoms with Gasteiger partial charge >= 0.3 is 0 Å². The predicted octanol–water partition coefficient (Wildman–Crippen LogP) is 2.09. The lowest BCUT2D eigenvalue weighted by Crippen LogP contribution is -2.58. The van der Waals surface area contributed by atoms with Crippen LogP contribution in [0.4, 0.5) is 26.2 Å². The third-order valence-electron chi connectivity index (χ3n) is 6.18. The van der Waals surface area contributed by atoms with Gasteiger partial charge in [-0.05, 0) is 18.2 Å². The number of benzene rings is 1. The summed E-state index contributed by atoms with van der Waals surface area (Å²) in [5, 5.41) is 11.5. The molecule has 1 aromatic carbocycles. The number of halogens is 2. The quantitative estimate of drug-likeness (QED) is 0.501. The highest BCUT2D eigenvalue weighted by Crippen LogP contribution is 2.34. The van der Waals surface area contributed by atoms with Gasteiger partial charge in [0.25, 0.3) is 5.88 Å². The minimum Gasteiger partial charge on any atom is -0.471 e. The number of nitriles is 1. The van der Waals surface area contributed by atoms with E-state index >= 15 is 4.39 Å². The van der Waals surface area contributed by atoms with Crippen molar-refractivity contribution in [2.24, 2.45) is 11.8 Å². The molecular formula is C23H21F2N7O4S. The van der Waals surface area contributed by atoms with E-state index in [1.54, 1.807) is 0 Å². The van der Waals surface area contributed by atoms with E-state index in [1.807, 2.05) is 11.0 Å². The van der Waals surface area contributed by atoms with Crippen LogP contribution < -0.4 is 15.0 Å². The van der Waals surface area contributed by atoms with Gasteiger partial charge in [0.1, 0.15) is 24.3 Å². The van der Waals surface area contributed by atoms with Gasteiger partial charge in [0.15, 0.2) is 15.7 Å². The van der Waals surface area contributed by atoms with E-state index in [4.69, 9.17) is 14.7 Å². The van der Waals surface area contributed by atoms with E-state index in [1.165, 1.54) is 24.5 Å². The molecule has 2 saturated heterocycles. The smallest absolute Gasteiger partial charge is 0.256 e. The molecule has 3 aromatic rings. The summed E-state index contributed by atoms with van der Waals surface area (Å²) in [7, 11) is -3.60. The molecule has 2 aromatic heterocycles. The molecule has 2 fully saturated rings. The van der Waals surface area contributed by atoms with E-state index < -0.39 is 27.6 Å². The van der Waals surface area contributed by atoms with Crippen molar-refractivity contribution in [3.8, 4) is 11.9 Å². The number of anilines is 3. The highest BCUT2D eigenvalue weighted by atomic mass is 32.2. The molecule has 0 aliphatic carbocycles. The Morgan fingerprint density at radius 2 is 1.84 bits per heavy atom. The molecule has 2 bridgehead atoms. The Balaban J connectivity index is 1.33. The standard InChI is InChI=1S/C23H21F2N7O4S/c1-37(33,34)16-2-3-18(17(24)4-16)31-21-19(25)22(30-12-29-21)36-20-14-8-32(9-15(20)11-35-10-14)23-27-6-13(5-26)7-28-23/h2-4,6-7,12,14-15,20H,8-11H2,1H3,(H,29,30,31). The molecule has 4 heterocycles. The molecule has 2 atom stereocenters. The molecule has 2 aliphatic rings. The molecule has 0 amide bonds. The second-order valence-electron chi connectivity index (χ2n) is 8.81. The van der Waals surface area contributed by atoms with Crippen LogP contribution in [-0.4, -0.2) is 67.0 Å². The highest BCUT2D eigenvalue weighted by molar-refractivity contribution is 7.90. The largest absolute Gasteiger partial charge is 0.471 e. The second kappa shape index (κ2) is 9.83. The molecule has 5 rings (SSSR count). The van der Waals surface area contributed by atoms with Crippen LogP contribution in [0.15, 0.2) is 41.8 Å². The van der Waals surface area contributed by atoms with E-state index in [0.717, 1.165) is 18.6 Å². The monoisotopic (exact) mass is 529 g/mol. The number of nitrogens with one attached hydrogen (secondary N) is 1. The summed E-state index contributed by atoms with van der Waals surface area (Å²) in [4.78, 5) is 18.1. The number of fused-ring (bicyclic) bond motifs is 2. The third kappa shape index (κ3) is 5.13. The third-order valence-corrected chi connectivity index (χ3v) is 7.29. The topological polar surface area (TPSA) is 143 Å². The molecule has 14 heteroatoms. The van der Waals surface area contributed by atoms with Crippen LogP contribution in [0.1, 0.15) is 5.56 Å². The lowest BCUT2D eigenvalue weighted by Gasteiger charge is -2.46. The Bertz CT molecular complexity index is 1450. The Hall–Kier alpha value is -3.96. The molecule has 0 radical (unpaired) electrons. The van der Waals surface area contributed by atoms with Gasteiger partial charge in [-0.25, -0.2) is 27.8 Å². The molecule has 0 saturated carbocycles. The lowest BCUT2D eigenvalue weighted by molar-refractivity contribution is -0.0780. The van der Waals surface area contributed by atoms with Crippen LogP contribution in [0.2, 0.25) is 0 Å². The van der Waals surface area contributed by atoms with Gasteiger partial charge in [0.05, 0.1) is 41.8 Å². The first-order valence-electron chi connectivity index (χ1n) is 11.2. The number of ether oxygens (including phenoxy) is 2. The van der Waals surface area contributed by atoms with Crippen LogP contribution in [0.5, 0.6) is 5.88 Å². The zero-order chi connectivity index (χ0) is 26.2. The van der Waals surface area contributed by atoms with Crippen LogP contribution >= 0.6 is 0 Å². The number of aromatic nitrogens is 4. The van der Waals surface area contributed by atoms with Crippen molar-refractivity contribution < 1.29 is 26.7 Å². The summed E-state index contributed by atoms with van der Waals surface area (Å²) in [5.41, 5.74) is 0.206. The zero-order valence-electron chi connectivity index (χ0n) is 19.5. The number of sulfone groups is 1. The zero-order valence-corrected chi connectivity index (χ0v) is 20.3. The number of rotatable bonds is 6. The van der Waals surface area contributed by atoms with Gasteiger partial charge in [-0.3, -0.25) is 0 Å². The molecule has 2 aliphatic heterocycles. The molecule has 192 valence electrons. The van der Waals surface area contributed by atoms with Gasteiger partial charge in [-0.15, -0.1) is 0 Å². The number of nitrogens with zero attached hydrogens (tertiary/aromatic N) is 6. The van der Waals surface area contributed by atoms with Crippen LogP contribution in [0.25, 0.3) is 0 Å². The minimum absolute atomic E-state index is 0.140. The van der Waals surface area contributed by atoms with Crippen molar-refractivity contribution in [1.29, 1.82) is 5.26 Å². The van der Waals surface area contributed by atoms with Crippen molar-refractivity contribution in [2.45, 2.75) is 11.0 Å². The molecule has 2 unspecified atom stereocenters. The fraction of sp³-hybridized carbons (Fsp3) is 0.348. The summed E-state index contributed by atoms with van der Waals surface area (Å²) in [6, 6.07) is 5.24. The molecule has 37 heavy (non-hydrogen) atoms. The summed E-state index contributed by atoms with van der Waals surface area (Å²) in [6.45, 7) is 1.73. The summed E-state index contributed by atoms with van der Waals surface area (Å²) < 4.78 is 64.7. The number of hydrogen-bond donors (Lipinski definition) is 1. The SMILES string of the molecule is CS(=O)(=O)c1ccc(Nc2ncnc(OC3C4COCC3CN(c3ncc(C#N)cn3)C4)c2F)c(F)c1. The Morgan fingerprint density at radius 3 is 2.46 bits per heavy atom. The van der Waals surface area contributed by atoms with Gasteiger partial charge in [-0.2, -0.15) is 14.6 Å². The van der Waals surface area contributed by atoms with Gasteiger partial charge in [0.2, 0.25) is 11.8 Å². The van der Waals surface area contributed by atoms with Gasteiger partial charge < -0.3 is 19.7 Å². The average Bonchev–Trinajstić information content (AvgIpc) is 2.86. The van der Waals surface area contributed by atoms with Crippen LogP contribution in [0, 0.1) is 34.8 Å². The second-order valence-corrected chi connectivity index (χ2v) is 10.8.